The molecule has 2 aromatic carbocycles. The van der Waals surface area contributed by atoms with Crippen LogP contribution in [0.3, 0.4) is 0 Å². The van der Waals surface area contributed by atoms with E-state index < -0.39 is 76.7 Å². The van der Waals surface area contributed by atoms with E-state index in [4.69, 9.17) is 61.6 Å². The summed E-state index contributed by atoms with van der Waals surface area (Å²) in [6, 6.07) is 10.5. The van der Waals surface area contributed by atoms with Gasteiger partial charge in [0.25, 0.3) is 0 Å². The maximum Gasteiger partial charge on any atom is 0.414 e. The fraction of sp³-hybridized carbons (Fsp3) is 0.649. The molecule has 0 aromatic heterocycles. The van der Waals surface area contributed by atoms with E-state index in [1.54, 1.807) is 95.2 Å². The minimum atomic E-state index is -1.45. The van der Waals surface area contributed by atoms with Crippen molar-refractivity contribution in [2.24, 2.45) is 4.99 Å². The number of carbonyl (C=O) groups excluding carboxylic acids is 7. The first-order chi connectivity index (χ1) is 37.7. The largest absolute Gasteiger partial charge is 0.460 e. The Balaban J connectivity index is 1.97. The monoisotopic (exact) mass is 1150 g/mol. The fourth-order valence-corrected chi connectivity index (χ4v) is 6.26. The van der Waals surface area contributed by atoms with Crippen LogP contribution >= 0.6 is 0 Å². The molecular weight excluding hydrogens is 1060 g/mol. The number of benzene rings is 2. The lowest BCUT2D eigenvalue weighted by Crippen LogP contribution is -2.50. The van der Waals surface area contributed by atoms with E-state index in [-0.39, 0.29) is 81.5 Å². The van der Waals surface area contributed by atoms with Gasteiger partial charge in [-0.3, -0.25) is 25.1 Å². The summed E-state index contributed by atoms with van der Waals surface area (Å²) in [6.45, 7) is 28.3. The predicted molar refractivity (Wildman–Crippen MR) is 296 cm³/mol. The SMILES string of the molecule is CC(C)(C)OC(=O)CCOCCOCCOCCOCCOCCOCCN(C(=O)OCc1ccc(OC(=O)c2ccc(N=C(NC(=O)OC(C)(C)C)NC(=O)OC(C)(C)C)cc2)cc1)C(CC(=O)OC(C)(C)C)C(=O)OC(C)(C)C. The number of alkyl carbamates (subject to hydrolysis) is 2. The summed E-state index contributed by atoms with van der Waals surface area (Å²) in [5, 5.41) is 4.79. The van der Waals surface area contributed by atoms with Crippen molar-refractivity contribution in [3.63, 3.8) is 0 Å². The van der Waals surface area contributed by atoms with Gasteiger partial charge in [0.15, 0.2) is 0 Å². The number of nitrogens with one attached hydrogen (secondary N) is 2. The van der Waals surface area contributed by atoms with E-state index in [1.165, 1.54) is 36.4 Å². The molecule has 456 valence electrons. The molecule has 2 aromatic rings. The van der Waals surface area contributed by atoms with E-state index in [9.17, 15) is 33.6 Å². The Bertz CT molecular complexity index is 2260. The number of carbonyl (C=O) groups is 7. The van der Waals surface area contributed by atoms with Gasteiger partial charge >= 0.3 is 42.2 Å². The lowest BCUT2D eigenvalue weighted by molar-refractivity contribution is -0.168. The minimum absolute atomic E-state index is 0.0710. The maximum atomic E-state index is 13.9. The predicted octanol–water partition coefficient (Wildman–Crippen LogP) is 8.15. The van der Waals surface area contributed by atoms with Gasteiger partial charge < -0.3 is 61.6 Å². The first-order valence-corrected chi connectivity index (χ1v) is 26.7. The Hall–Kier alpha value is -6.44. The van der Waals surface area contributed by atoms with Crippen LogP contribution in [0.4, 0.5) is 20.1 Å². The molecule has 81 heavy (non-hydrogen) atoms. The summed E-state index contributed by atoms with van der Waals surface area (Å²) in [5.41, 5.74) is -3.17. The van der Waals surface area contributed by atoms with Gasteiger partial charge in [0.1, 0.15) is 46.4 Å². The molecule has 0 saturated carbocycles. The van der Waals surface area contributed by atoms with Gasteiger partial charge in [0, 0.05) is 6.54 Å². The Kier molecular flexibility index (Phi) is 30.3. The summed E-state index contributed by atoms with van der Waals surface area (Å²) >= 11 is 0. The van der Waals surface area contributed by atoms with Crippen molar-refractivity contribution in [1.82, 2.24) is 15.5 Å². The molecule has 1 atom stereocenters. The molecule has 1 unspecified atom stereocenters. The van der Waals surface area contributed by atoms with Crippen LogP contribution in [-0.2, 0) is 77.8 Å². The van der Waals surface area contributed by atoms with Crippen LogP contribution in [0.5, 0.6) is 5.75 Å². The highest BCUT2D eigenvalue weighted by Gasteiger charge is 2.37. The Morgan fingerprint density at radius 1 is 0.481 bits per heavy atom. The number of rotatable bonds is 30. The highest BCUT2D eigenvalue weighted by molar-refractivity contribution is 6.02. The first-order valence-electron chi connectivity index (χ1n) is 26.7. The second-order valence-corrected chi connectivity index (χ2v) is 22.9. The quantitative estimate of drug-likeness (QED) is 0.0186. The first kappa shape index (κ1) is 70.7. The molecular formula is C57H88N4O20. The van der Waals surface area contributed by atoms with E-state index >= 15 is 0 Å². The van der Waals surface area contributed by atoms with Gasteiger partial charge in [-0.1, -0.05) is 12.1 Å². The number of nitrogens with zero attached hydrogens (tertiary/aromatic N) is 2. The van der Waals surface area contributed by atoms with Crippen molar-refractivity contribution in [2.45, 2.75) is 157 Å². The zero-order valence-electron chi connectivity index (χ0n) is 50.1. The van der Waals surface area contributed by atoms with Crippen molar-refractivity contribution >= 4 is 53.8 Å². The average molecular weight is 1150 g/mol. The zero-order chi connectivity index (χ0) is 60.9. The molecule has 0 aliphatic heterocycles. The number of ether oxygens (including phenoxy) is 13. The lowest BCUT2D eigenvalue weighted by Gasteiger charge is -2.32. The van der Waals surface area contributed by atoms with E-state index in [0.29, 0.717) is 51.8 Å². The van der Waals surface area contributed by atoms with Crippen molar-refractivity contribution in [3.8, 4) is 5.75 Å². The Labute approximate surface area is 476 Å². The summed E-state index contributed by atoms with van der Waals surface area (Å²) < 4.78 is 71.5. The van der Waals surface area contributed by atoms with Crippen molar-refractivity contribution in [1.29, 1.82) is 0 Å². The van der Waals surface area contributed by atoms with Crippen LogP contribution < -0.4 is 15.4 Å². The van der Waals surface area contributed by atoms with Crippen LogP contribution in [0, 0.1) is 0 Å². The second kappa shape index (κ2) is 34.8. The molecule has 24 heteroatoms. The van der Waals surface area contributed by atoms with Gasteiger partial charge in [0.05, 0.1) is 103 Å². The fourth-order valence-electron chi connectivity index (χ4n) is 6.26. The molecule has 24 nitrogen and oxygen atoms in total. The van der Waals surface area contributed by atoms with Crippen LogP contribution in [0.15, 0.2) is 53.5 Å². The summed E-state index contributed by atoms with van der Waals surface area (Å²) in [7, 11) is 0. The number of hydrogen-bond donors (Lipinski definition) is 2. The maximum absolute atomic E-state index is 13.9. The van der Waals surface area contributed by atoms with Gasteiger partial charge in [-0.2, -0.15) is 0 Å². The molecule has 0 spiro atoms. The molecule has 3 amide bonds. The van der Waals surface area contributed by atoms with Gasteiger partial charge in [-0.25, -0.2) is 29.0 Å². The van der Waals surface area contributed by atoms with Crippen LogP contribution in [0.1, 0.15) is 133 Å². The van der Waals surface area contributed by atoms with Gasteiger partial charge in [-0.05, 0) is 146 Å². The number of aliphatic imine (C=N–C) groups is 1. The van der Waals surface area contributed by atoms with E-state index in [0.717, 1.165) is 4.90 Å². The number of amides is 3. The topological polar surface area (TPSA) is 279 Å². The van der Waals surface area contributed by atoms with Crippen LogP contribution in [0.25, 0.3) is 0 Å². The molecule has 0 fully saturated rings. The number of hydrogen-bond acceptors (Lipinski definition) is 21. The zero-order valence-corrected chi connectivity index (χ0v) is 50.1. The molecule has 0 heterocycles. The van der Waals surface area contributed by atoms with Gasteiger partial charge in [0.2, 0.25) is 5.96 Å². The second-order valence-electron chi connectivity index (χ2n) is 22.9. The third-order valence-corrected chi connectivity index (χ3v) is 9.36. The van der Waals surface area contributed by atoms with E-state index in [1.807, 2.05) is 20.8 Å². The van der Waals surface area contributed by atoms with Crippen LogP contribution in [-0.4, -0.2) is 173 Å². The normalized spacial score (nSPS) is 12.3. The van der Waals surface area contributed by atoms with Crippen molar-refractivity contribution < 1.29 is 95.1 Å². The molecule has 0 saturated heterocycles. The standard InChI is InChI=1S/C57H88N4O20/c1-53(2,3)77-45(62)24-26-69-28-30-71-32-34-73-36-37-74-35-33-72-31-29-70-27-25-61(44(48(65)79-55(7,8)9)38-46(63)78-54(4,5)6)52(68)75-39-40-16-22-43(23-17-40)76-47(64)41-18-20-42(21-19-41)58-49(59-50(66)80-56(10,11)12)60-51(67)81-57(13,14)15/h16-23,44H,24-39H2,1-15H3,(H2,58,59,60,66,67). The molecule has 0 radical (unpaired) electrons. The van der Waals surface area contributed by atoms with Crippen LogP contribution in [0.2, 0.25) is 0 Å². The Morgan fingerprint density at radius 3 is 1.32 bits per heavy atom. The smallest absolute Gasteiger partial charge is 0.414 e. The third-order valence-electron chi connectivity index (χ3n) is 9.36. The molecule has 2 rings (SSSR count). The molecule has 0 aliphatic rings. The Morgan fingerprint density at radius 2 is 0.889 bits per heavy atom. The summed E-state index contributed by atoms with van der Waals surface area (Å²) in [4.78, 5) is 96.0. The number of esters is 4. The molecule has 0 aliphatic carbocycles. The molecule has 0 bridgehead atoms. The van der Waals surface area contributed by atoms with Crippen molar-refractivity contribution in [2.75, 3.05) is 85.8 Å². The highest BCUT2D eigenvalue weighted by atomic mass is 16.6. The molecule has 2 N–H and O–H groups in total. The van der Waals surface area contributed by atoms with Crippen molar-refractivity contribution in [3.05, 3.63) is 59.7 Å². The lowest BCUT2D eigenvalue weighted by atomic mass is 10.1. The summed E-state index contributed by atoms with van der Waals surface area (Å²) in [5.74, 6) is -2.74. The minimum Gasteiger partial charge on any atom is -0.460 e. The highest BCUT2D eigenvalue weighted by Crippen LogP contribution is 2.21. The third kappa shape index (κ3) is 35.8. The number of guanidine groups is 1. The average Bonchev–Trinajstić information content (AvgIpc) is 3.31. The van der Waals surface area contributed by atoms with E-state index in [2.05, 4.69) is 15.6 Å². The van der Waals surface area contributed by atoms with Gasteiger partial charge in [-0.15, -0.1) is 0 Å². The summed E-state index contributed by atoms with van der Waals surface area (Å²) in [6.07, 6.45) is -3.06.